The highest BCUT2D eigenvalue weighted by Crippen LogP contribution is 2.44. The maximum atomic E-state index is 13.0. The van der Waals surface area contributed by atoms with E-state index in [4.69, 9.17) is 0 Å². The molecule has 3 unspecified atom stereocenters. The number of benzene rings is 1. The highest BCUT2D eigenvalue weighted by atomic mass is 19.1. The lowest BCUT2D eigenvalue weighted by atomic mass is 9.71. The monoisotopic (exact) mass is 217 g/mol. The molecule has 2 heteroatoms. The van der Waals surface area contributed by atoms with E-state index in [2.05, 4.69) is 17.5 Å². The number of aryl methyl sites for hydroxylation is 1. The predicted molar refractivity (Wildman–Crippen MR) is 63.9 cm³/mol. The quantitative estimate of drug-likeness (QED) is 0.747. The Hall–Kier alpha value is -1.31. The number of nitrogens with one attached hydrogen (secondary N) is 1. The number of allylic oxidation sites excluding steroid dienone is 1. The lowest BCUT2D eigenvalue weighted by Crippen LogP contribution is -2.43. The smallest absolute Gasteiger partial charge is 0.123 e. The van der Waals surface area contributed by atoms with Crippen LogP contribution in [0.3, 0.4) is 0 Å². The normalized spacial score (nSPS) is 31.0. The lowest BCUT2D eigenvalue weighted by molar-refractivity contribution is 0.218. The van der Waals surface area contributed by atoms with Crippen LogP contribution in [0, 0.1) is 24.6 Å². The van der Waals surface area contributed by atoms with Crippen LogP contribution in [0.25, 0.3) is 0 Å². The van der Waals surface area contributed by atoms with Gasteiger partial charge in [-0.2, -0.15) is 0 Å². The second kappa shape index (κ2) is 3.62. The van der Waals surface area contributed by atoms with Crippen molar-refractivity contribution in [2.75, 3.05) is 5.32 Å². The minimum Gasteiger partial charge on any atom is -0.381 e. The Morgan fingerprint density at radius 1 is 1.38 bits per heavy atom. The lowest BCUT2D eigenvalue weighted by Gasteiger charge is -2.41. The molecule has 16 heavy (non-hydrogen) atoms. The van der Waals surface area contributed by atoms with Gasteiger partial charge in [0.2, 0.25) is 0 Å². The number of hydrogen-bond acceptors (Lipinski definition) is 1. The molecule has 84 valence electrons. The Morgan fingerprint density at radius 2 is 2.25 bits per heavy atom. The summed E-state index contributed by atoms with van der Waals surface area (Å²) < 4.78 is 13.0. The van der Waals surface area contributed by atoms with E-state index in [-0.39, 0.29) is 5.82 Å². The van der Waals surface area contributed by atoms with Crippen LogP contribution in [0.15, 0.2) is 30.4 Å². The zero-order valence-corrected chi connectivity index (χ0v) is 9.41. The van der Waals surface area contributed by atoms with Crippen molar-refractivity contribution < 1.29 is 4.39 Å². The molecule has 0 saturated heterocycles. The standard InChI is InChI=1S/C14H16FN/c1-9-7-11(15)5-6-13(9)16-14-8-10-3-2-4-12(10)14/h2,4-7,10,12,14,16H,3,8H2,1H3. The average Bonchev–Trinajstić information content (AvgIpc) is 2.59. The molecule has 1 nitrogen and oxygen atoms in total. The van der Waals surface area contributed by atoms with Crippen LogP contribution in [-0.4, -0.2) is 6.04 Å². The van der Waals surface area contributed by atoms with E-state index in [1.54, 1.807) is 6.07 Å². The van der Waals surface area contributed by atoms with Gasteiger partial charge in [-0.15, -0.1) is 0 Å². The van der Waals surface area contributed by atoms with Crippen LogP contribution in [0.4, 0.5) is 10.1 Å². The topological polar surface area (TPSA) is 12.0 Å². The largest absolute Gasteiger partial charge is 0.381 e. The molecule has 0 heterocycles. The van der Waals surface area contributed by atoms with Gasteiger partial charge < -0.3 is 5.32 Å². The van der Waals surface area contributed by atoms with Gasteiger partial charge in [0, 0.05) is 17.6 Å². The molecule has 3 rings (SSSR count). The van der Waals surface area contributed by atoms with Crippen molar-refractivity contribution in [3.8, 4) is 0 Å². The summed E-state index contributed by atoms with van der Waals surface area (Å²) in [5.41, 5.74) is 2.07. The molecule has 1 saturated carbocycles. The van der Waals surface area contributed by atoms with Gasteiger partial charge in [0.1, 0.15) is 5.82 Å². The molecule has 0 radical (unpaired) electrons. The Labute approximate surface area is 95.4 Å². The van der Waals surface area contributed by atoms with Crippen molar-refractivity contribution in [1.82, 2.24) is 0 Å². The summed E-state index contributed by atoms with van der Waals surface area (Å²) in [6.45, 7) is 1.95. The first kappa shape index (κ1) is 9.88. The first-order valence-corrected chi connectivity index (χ1v) is 5.93. The maximum absolute atomic E-state index is 13.0. The van der Waals surface area contributed by atoms with Crippen molar-refractivity contribution in [1.29, 1.82) is 0 Å². The van der Waals surface area contributed by atoms with Crippen molar-refractivity contribution in [3.05, 3.63) is 41.7 Å². The molecule has 1 aromatic carbocycles. The summed E-state index contributed by atoms with van der Waals surface area (Å²) in [7, 11) is 0. The Bertz CT molecular complexity index is 438. The molecule has 2 aliphatic rings. The number of halogens is 1. The molecule has 1 N–H and O–H groups in total. The van der Waals surface area contributed by atoms with Gasteiger partial charge >= 0.3 is 0 Å². The number of hydrogen-bond donors (Lipinski definition) is 1. The fourth-order valence-corrected chi connectivity index (χ4v) is 2.87. The van der Waals surface area contributed by atoms with E-state index in [1.807, 2.05) is 13.0 Å². The van der Waals surface area contributed by atoms with Crippen molar-refractivity contribution in [3.63, 3.8) is 0 Å². The van der Waals surface area contributed by atoms with E-state index >= 15 is 0 Å². The fraction of sp³-hybridized carbons (Fsp3) is 0.429. The van der Waals surface area contributed by atoms with E-state index in [1.165, 1.54) is 18.9 Å². The minimum atomic E-state index is -0.157. The summed E-state index contributed by atoms with van der Waals surface area (Å²) in [4.78, 5) is 0. The summed E-state index contributed by atoms with van der Waals surface area (Å²) in [6.07, 6.45) is 7.10. The number of rotatable bonds is 2. The molecule has 1 aromatic rings. The first-order chi connectivity index (χ1) is 7.74. The predicted octanol–water partition coefficient (Wildman–Crippen LogP) is 3.51. The Morgan fingerprint density at radius 3 is 3.00 bits per heavy atom. The summed E-state index contributed by atoms with van der Waals surface area (Å²) in [5, 5.41) is 3.53. The molecule has 0 spiro atoms. The van der Waals surface area contributed by atoms with Gasteiger partial charge in [0.05, 0.1) is 0 Å². The average molecular weight is 217 g/mol. The molecule has 0 amide bonds. The van der Waals surface area contributed by atoms with Gasteiger partial charge in [0.25, 0.3) is 0 Å². The molecular weight excluding hydrogens is 201 g/mol. The highest BCUT2D eigenvalue weighted by molar-refractivity contribution is 5.52. The third-order valence-electron chi connectivity index (χ3n) is 3.89. The van der Waals surface area contributed by atoms with Gasteiger partial charge in [0.15, 0.2) is 0 Å². The first-order valence-electron chi connectivity index (χ1n) is 5.93. The third kappa shape index (κ3) is 1.53. The number of fused-ring (bicyclic) bond motifs is 1. The minimum absolute atomic E-state index is 0.157. The van der Waals surface area contributed by atoms with Gasteiger partial charge in [-0.25, -0.2) is 4.39 Å². The molecular formula is C14H16FN. The highest BCUT2D eigenvalue weighted by Gasteiger charge is 2.40. The van der Waals surface area contributed by atoms with Crippen LogP contribution in [0.5, 0.6) is 0 Å². The second-order valence-electron chi connectivity index (χ2n) is 4.95. The number of anilines is 1. The molecule has 1 fully saturated rings. The molecule has 0 bridgehead atoms. The Balaban J connectivity index is 1.73. The molecule has 3 atom stereocenters. The zero-order chi connectivity index (χ0) is 11.1. The van der Waals surface area contributed by atoms with Gasteiger partial charge in [-0.1, -0.05) is 12.2 Å². The van der Waals surface area contributed by atoms with E-state index in [9.17, 15) is 4.39 Å². The van der Waals surface area contributed by atoms with E-state index in [0.29, 0.717) is 12.0 Å². The van der Waals surface area contributed by atoms with Crippen molar-refractivity contribution in [2.24, 2.45) is 11.8 Å². The van der Waals surface area contributed by atoms with Gasteiger partial charge in [-0.3, -0.25) is 0 Å². The van der Waals surface area contributed by atoms with Crippen LogP contribution in [0.2, 0.25) is 0 Å². The molecule has 0 aromatic heterocycles. The van der Waals surface area contributed by atoms with Crippen molar-refractivity contribution >= 4 is 5.69 Å². The SMILES string of the molecule is Cc1cc(F)ccc1NC1CC2CC=CC21. The summed E-state index contributed by atoms with van der Waals surface area (Å²) >= 11 is 0. The van der Waals surface area contributed by atoms with Crippen LogP contribution >= 0.6 is 0 Å². The van der Waals surface area contributed by atoms with E-state index < -0.39 is 0 Å². The fourth-order valence-electron chi connectivity index (χ4n) is 2.87. The summed E-state index contributed by atoms with van der Waals surface area (Å²) in [6, 6.07) is 5.50. The zero-order valence-electron chi connectivity index (χ0n) is 9.41. The third-order valence-corrected chi connectivity index (χ3v) is 3.89. The second-order valence-corrected chi connectivity index (χ2v) is 4.95. The van der Waals surface area contributed by atoms with Crippen LogP contribution in [0.1, 0.15) is 18.4 Å². The van der Waals surface area contributed by atoms with Crippen LogP contribution < -0.4 is 5.32 Å². The maximum Gasteiger partial charge on any atom is 0.123 e. The molecule has 0 aliphatic heterocycles. The Kier molecular flexibility index (Phi) is 2.23. The summed E-state index contributed by atoms with van der Waals surface area (Å²) in [5.74, 6) is 1.40. The van der Waals surface area contributed by atoms with E-state index in [0.717, 1.165) is 17.2 Å². The van der Waals surface area contributed by atoms with Crippen LogP contribution in [-0.2, 0) is 0 Å². The molecule has 2 aliphatic carbocycles. The van der Waals surface area contributed by atoms with Gasteiger partial charge in [-0.05, 0) is 49.4 Å². The van der Waals surface area contributed by atoms with Crippen molar-refractivity contribution in [2.45, 2.75) is 25.8 Å².